The molecule has 0 radical (unpaired) electrons. The summed E-state index contributed by atoms with van der Waals surface area (Å²) in [4.78, 5) is 55.7. The number of aliphatic carboxylic acids is 1. The maximum absolute atomic E-state index is 13.4. The Balaban J connectivity index is 2.97. The van der Waals surface area contributed by atoms with Gasteiger partial charge in [-0.3, -0.25) is 19.4 Å². The van der Waals surface area contributed by atoms with Crippen LogP contribution in [-0.4, -0.2) is 88.9 Å². The van der Waals surface area contributed by atoms with E-state index in [1.165, 1.54) is 16.7 Å². The van der Waals surface area contributed by atoms with Crippen LogP contribution in [0.15, 0.2) is 4.99 Å². The SMILES string of the molecule is CSCCC(NC(=O)C1CCCN1C(=O)C(CCCN=C(N)N)NC(=O)C(N)C(C)C)C(=O)O. The number of nitrogens with one attached hydrogen (secondary N) is 2. The number of guanidine groups is 1. The summed E-state index contributed by atoms with van der Waals surface area (Å²) in [6, 6.07) is -3.54. The van der Waals surface area contributed by atoms with E-state index in [2.05, 4.69) is 15.6 Å². The molecule has 4 unspecified atom stereocenters. The molecule has 0 aliphatic carbocycles. The van der Waals surface area contributed by atoms with Gasteiger partial charge in [-0.1, -0.05) is 13.8 Å². The summed E-state index contributed by atoms with van der Waals surface area (Å²) in [6.45, 7) is 4.21. The van der Waals surface area contributed by atoms with Gasteiger partial charge in [0, 0.05) is 13.1 Å². The molecule has 1 aliphatic rings. The Bertz CT molecular complexity index is 745. The molecule has 0 aromatic rings. The van der Waals surface area contributed by atoms with E-state index in [-0.39, 0.29) is 31.3 Å². The third-order valence-electron chi connectivity index (χ3n) is 5.64. The number of carboxylic acid groups (broad SMARTS) is 1. The van der Waals surface area contributed by atoms with Gasteiger partial charge in [0.05, 0.1) is 6.04 Å². The molecule has 1 saturated heterocycles. The van der Waals surface area contributed by atoms with Gasteiger partial charge < -0.3 is 37.8 Å². The van der Waals surface area contributed by atoms with Crippen molar-refractivity contribution in [1.82, 2.24) is 15.5 Å². The summed E-state index contributed by atoms with van der Waals surface area (Å²) >= 11 is 1.48. The lowest BCUT2D eigenvalue weighted by Crippen LogP contribution is -2.57. The van der Waals surface area contributed by atoms with Crippen molar-refractivity contribution in [2.24, 2.45) is 28.1 Å². The van der Waals surface area contributed by atoms with Crippen molar-refractivity contribution in [2.45, 2.75) is 70.1 Å². The number of thioether (sulfide) groups is 1. The maximum Gasteiger partial charge on any atom is 0.326 e. The third kappa shape index (κ3) is 9.37. The van der Waals surface area contributed by atoms with Crippen LogP contribution in [0.5, 0.6) is 0 Å². The fourth-order valence-corrected chi connectivity index (χ4v) is 4.07. The Morgan fingerprint density at radius 1 is 1.15 bits per heavy atom. The first-order chi connectivity index (χ1) is 16.0. The Kier molecular flexibility index (Phi) is 12.7. The highest BCUT2D eigenvalue weighted by Gasteiger charge is 2.39. The highest BCUT2D eigenvalue weighted by Crippen LogP contribution is 2.20. The first-order valence-electron chi connectivity index (χ1n) is 11.4. The van der Waals surface area contributed by atoms with Crippen molar-refractivity contribution in [3.05, 3.63) is 0 Å². The van der Waals surface area contributed by atoms with E-state index < -0.39 is 47.9 Å². The zero-order valence-electron chi connectivity index (χ0n) is 20.2. The number of carboxylic acids is 1. The van der Waals surface area contributed by atoms with E-state index in [1.807, 2.05) is 6.26 Å². The number of amides is 3. The molecule has 1 rings (SSSR count). The molecule has 1 fully saturated rings. The molecule has 0 saturated carbocycles. The summed E-state index contributed by atoms with van der Waals surface area (Å²) in [7, 11) is 0. The molecule has 34 heavy (non-hydrogen) atoms. The molecule has 0 spiro atoms. The van der Waals surface area contributed by atoms with Crippen molar-refractivity contribution in [2.75, 3.05) is 25.1 Å². The average molecular weight is 502 g/mol. The lowest BCUT2D eigenvalue weighted by atomic mass is 10.0. The number of nitrogens with zero attached hydrogens (tertiary/aromatic N) is 2. The number of hydrogen-bond acceptors (Lipinski definition) is 7. The second-order valence-electron chi connectivity index (χ2n) is 8.65. The Hall–Kier alpha value is -2.54. The van der Waals surface area contributed by atoms with Crippen molar-refractivity contribution >= 4 is 41.4 Å². The van der Waals surface area contributed by atoms with Crippen molar-refractivity contribution in [3.63, 3.8) is 0 Å². The van der Waals surface area contributed by atoms with Crippen molar-refractivity contribution in [3.8, 4) is 0 Å². The molecule has 1 aliphatic heterocycles. The molecule has 0 aromatic carbocycles. The second kappa shape index (κ2) is 14.7. The van der Waals surface area contributed by atoms with Crippen LogP contribution in [-0.2, 0) is 19.2 Å². The number of carbonyl (C=O) groups is 4. The number of rotatable bonds is 14. The molecule has 3 amide bonds. The highest BCUT2D eigenvalue weighted by molar-refractivity contribution is 7.98. The topological polar surface area (TPSA) is 206 Å². The standard InChI is InChI=1S/C21H39N7O5S/c1-12(2)16(22)18(30)26-13(6-4-9-25-21(23)24)19(31)28-10-5-7-15(28)17(29)27-14(20(32)33)8-11-34-3/h12-16H,4-11,22H2,1-3H3,(H,26,30)(H,27,29)(H,32,33)(H4,23,24,25). The monoisotopic (exact) mass is 501 g/mol. The predicted molar refractivity (Wildman–Crippen MR) is 132 cm³/mol. The fourth-order valence-electron chi connectivity index (χ4n) is 3.60. The molecule has 13 heteroatoms. The first-order valence-corrected chi connectivity index (χ1v) is 12.8. The maximum atomic E-state index is 13.4. The Morgan fingerprint density at radius 2 is 1.82 bits per heavy atom. The Morgan fingerprint density at radius 3 is 2.38 bits per heavy atom. The molecule has 194 valence electrons. The quantitative estimate of drug-likeness (QED) is 0.0960. The molecule has 9 N–H and O–H groups in total. The smallest absolute Gasteiger partial charge is 0.326 e. The van der Waals surface area contributed by atoms with E-state index in [4.69, 9.17) is 17.2 Å². The first kappa shape index (κ1) is 29.5. The molecular weight excluding hydrogens is 462 g/mol. The van der Waals surface area contributed by atoms with Gasteiger partial charge in [-0.15, -0.1) is 0 Å². The van der Waals surface area contributed by atoms with Gasteiger partial charge in [0.15, 0.2) is 5.96 Å². The fraction of sp³-hybridized carbons (Fsp3) is 0.762. The van der Waals surface area contributed by atoms with Gasteiger partial charge >= 0.3 is 5.97 Å². The van der Waals surface area contributed by atoms with Crippen LogP contribution in [0.1, 0.15) is 46.0 Å². The van der Waals surface area contributed by atoms with Crippen molar-refractivity contribution in [1.29, 1.82) is 0 Å². The number of likely N-dealkylation sites (tertiary alicyclic amines) is 1. The van der Waals surface area contributed by atoms with Crippen LogP contribution in [0.4, 0.5) is 0 Å². The number of nitrogens with two attached hydrogens (primary N) is 3. The highest BCUT2D eigenvalue weighted by atomic mass is 32.2. The third-order valence-corrected chi connectivity index (χ3v) is 6.29. The molecule has 4 atom stereocenters. The van der Waals surface area contributed by atoms with Gasteiger partial charge in [0.1, 0.15) is 18.1 Å². The molecular formula is C21H39N7O5S. The molecule has 1 heterocycles. The zero-order valence-corrected chi connectivity index (χ0v) is 21.0. The van der Waals surface area contributed by atoms with E-state index in [0.29, 0.717) is 31.6 Å². The number of hydrogen-bond donors (Lipinski definition) is 6. The lowest BCUT2D eigenvalue weighted by Gasteiger charge is -2.30. The van der Waals surface area contributed by atoms with Gasteiger partial charge in [-0.2, -0.15) is 11.8 Å². The summed E-state index contributed by atoms with van der Waals surface area (Å²) in [6.07, 6.45) is 3.80. The van der Waals surface area contributed by atoms with Gasteiger partial charge in [-0.25, -0.2) is 4.79 Å². The summed E-state index contributed by atoms with van der Waals surface area (Å²) < 4.78 is 0. The van der Waals surface area contributed by atoms with E-state index in [9.17, 15) is 24.3 Å². The second-order valence-corrected chi connectivity index (χ2v) is 9.64. The van der Waals surface area contributed by atoms with E-state index in [1.54, 1.807) is 13.8 Å². The summed E-state index contributed by atoms with van der Waals surface area (Å²) in [5.41, 5.74) is 16.6. The zero-order chi connectivity index (χ0) is 25.8. The van der Waals surface area contributed by atoms with Crippen molar-refractivity contribution < 1.29 is 24.3 Å². The number of carbonyl (C=O) groups excluding carboxylic acids is 3. The van der Waals surface area contributed by atoms with Crippen LogP contribution < -0.4 is 27.8 Å². The van der Waals surface area contributed by atoms with E-state index in [0.717, 1.165) is 0 Å². The number of aliphatic imine (C=N–C) groups is 1. The van der Waals surface area contributed by atoms with Gasteiger partial charge in [-0.05, 0) is 50.0 Å². The predicted octanol–water partition coefficient (Wildman–Crippen LogP) is -1.18. The van der Waals surface area contributed by atoms with Gasteiger partial charge in [0.2, 0.25) is 17.7 Å². The minimum atomic E-state index is -1.12. The van der Waals surface area contributed by atoms with Gasteiger partial charge in [0.25, 0.3) is 0 Å². The summed E-state index contributed by atoms with van der Waals surface area (Å²) in [5.74, 6) is -2.13. The average Bonchev–Trinajstić information content (AvgIpc) is 3.26. The van der Waals surface area contributed by atoms with Crippen LogP contribution in [0, 0.1) is 5.92 Å². The van der Waals surface area contributed by atoms with Crippen LogP contribution in [0.25, 0.3) is 0 Å². The molecule has 0 aromatic heterocycles. The largest absolute Gasteiger partial charge is 0.480 e. The minimum Gasteiger partial charge on any atom is -0.480 e. The Labute approximate surface area is 204 Å². The minimum absolute atomic E-state index is 0.0699. The van der Waals surface area contributed by atoms with Crippen LogP contribution in [0.2, 0.25) is 0 Å². The van der Waals surface area contributed by atoms with Crippen LogP contribution in [0.3, 0.4) is 0 Å². The summed E-state index contributed by atoms with van der Waals surface area (Å²) in [5, 5.41) is 14.7. The molecule has 0 bridgehead atoms. The molecule has 12 nitrogen and oxygen atoms in total. The lowest BCUT2D eigenvalue weighted by molar-refractivity contribution is -0.145. The van der Waals surface area contributed by atoms with E-state index >= 15 is 0 Å². The normalized spacial score (nSPS) is 18.1. The van der Waals surface area contributed by atoms with Crippen LogP contribution >= 0.6 is 11.8 Å².